The molecule has 0 unspecified atom stereocenters. The van der Waals surface area contributed by atoms with Crippen LogP contribution in [0.4, 0.5) is 0 Å². The van der Waals surface area contributed by atoms with Crippen LogP contribution < -0.4 is 4.74 Å². The van der Waals surface area contributed by atoms with E-state index < -0.39 is 10.0 Å². The Bertz CT molecular complexity index is 1070. The first-order valence-corrected chi connectivity index (χ1v) is 9.90. The van der Waals surface area contributed by atoms with Crippen molar-refractivity contribution < 1.29 is 17.9 Å². The normalized spacial score (nSPS) is 11.9. The van der Waals surface area contributed by atoms with Crippen LogP contribution in [-0.2, 0) is 23.2 Å². The number of nitrogens with zero attached hydrogens (tertiary/aromatic N) is 3. The number of ether oxygens (including phenoxy) is 1. The first kappa shape index (κ1) is 19.1. The monoisotopic (exact) mass is 387 g/mol. The van der Waals surface area contributed by atoms with Crippen LogP contribution >= 0.6 is 0 Å². The number of aromatic nitrogens is 2. The number of rotatable bonds is 7. The molecule has 3 aromatic rings. The molecule has 1 aromatic heterocycles. The van der Waals surface area contributed by atoms with Crippen molar-refractivity contribution in [1.29, 1.82) is 0 Å². The first-order chi connectivity index (χ1) is 12.9. The number of benzene rings is 2. The summed E-state index contributed by atoms with van der Waals surface area (Å²) in [6, 6.07) is 11.8. The van der Waals surface area contributed by atoms with E-state index >= 15 is 0 Å². The van der Waals surface area contributed by atoms with Gasteiger partial charge in [-0.25, -0.2) is 17.7 Å². The highest BCUT2D eigenvalue weighted by Gasteiger charge is 2.19. The molecule has 0 aliphatic rings. The quantitative estimate of drug-likeness (QED) is 0.582. The van der Waals surface area contributed by atoms with Crippen LogP contribution in [0.3, 0.4) is 0 Å². The summed E-state index contributed by atoms with van der Waals surface area (Å²) in [5.41, 5.74) is 2.04. The highest BCUT2D eigenvalue weighted by Crippen LogP contribution is 2.23. The van der Waals surface area contributed by atoms with E-state index in [1.807, 2.05) is 11.5 Å². The van der Waals surface area contributed by atoms with Gasteiger partial charge in [0.05, 0.1) is 15.9 Å². The zero-order valence-electron chi connectivity index (χ0n) is 15.4. The van der Waals surface area contributed by atoms with E-state index in [1.54, 1.807) is 42.5 Å². The van der Waals surface area contributed by atoms with Crippen molar-refractivity contribution in [2.45, 2.75) is 25.0 Å². The Labute approximate surface area is 158 Å². The smallest absolute Gasteiger partial charge is 0.242 e. The van der Waals surface area contributed by atoms with Crippen molar-refractivity contribution in [3.05, 3.63) is 53.9 Å². The van der Waals surface area contributed by atoms with E-state index in [0.29, 0.717) is 29.2 Å². The molecule has 0 bridgehead atoms. The van der Waals surface area contributed by atoms with Gasteiger partial charge in [0.2, 0.25) is 10.0 Å². The van der Waals surface area contributed by atoms with Crippen LogP contribution in [0, 0.1) is 0 Å². The zero-order valence-corrected chi connectivity index (χ0v) is 16.2. The second-order valence-corrected chi connectivity index (χ2v) is 8.34. The van der Waals surface area contributed by atoms with Crippen LogP contribution in [0.5, 0.6) is 5.75 Å². The van der Waals surface area contributed by atoms with Gasteiger partial charge in [0, 0.05) is 26.2 Å². The fraction of sp³-hybridized carbons (Fsp3) is 0.263. The SMILES string of the molecule is CCn1c(COc2ccc(C=O)cc2)nc2cc(S(=O)(=O)N(C)C)ccc21. The van der Waals surface area contributed by atoms with E-state index in [9.17, 15) is 13.2 Å². The molecule has 0 spiro atoms. The van der Waals surface area contributed by atoms with Gasteiger partial charge in [0.25, 0.3) is 0 Å². The number of aldehydes is 1. The topological polar surface area (TPSA) is 81.5 Å². The first-order valence-electron chi connectivity index (χ1n) is 8.46. The van der Waals surface area contributed by atoms with Crippen LogP contribution in [0.2, 0.25) is 0 Å². The van der Waals surface area contributed by atoms with Gasteiger partial charge in [-0.1, -0.05) is 0 Å². The van der Waals surface area contributed by atoms with E-state index in [-0.39, 0.29) is 11.5 Å². The molecule has 0 aliphatic heterocycles. The van der Waals surface area contributed by atoms with Gasteiger partial charge >= 0.3 is 0 Å². The minimum absolute atomic E-state index is 0.206. The van der Waals surface area contributed by atoms with Gasteiger partial charge in [-0.15, -0.1) is 0 Å². The molecule has 7 nitrogen and oxygen atoms in total. The lowest BCUT2D eigenvalue weighted by atomic mass is 10.2. The molecule has 8 heteroatoms. The van der Waals surface area contributed by atoms with Gasteiger partial charge in [-0.05, 0) is 49.4 Å². The number of fused-ring (bicyclic) bond motifs is 1. The Balaban J connectivity index is 1.91. The largest absolute Gasteiger partial charge is 0.486 e. The molecule has 0 aliphatic carbocycles. The molecule has 2 aromatic carbocycles. The number of hydrogen-bond donors (Lipinski definition) is 0. The summed E-state index contributed by atoms with van der Waals surface area (Å²) in [7, 11) is -0.518. The molecule has 142 valence electrons. The van der Waals surface area contributed by atoms with Crippen LogP contribution in [0.25, 0.3) is 11.0 Å². The molecule has 0 fully saturated rings. The van der Waals surface area contributed by atoms with Crippen molar-refractivity contribution in [3.63, 3.8) is 0 Å². The molecule has 0 atom stereocenters. The predicted octanol–water partition coefficient (Wildman–Crippen LogP) is 2.70. The summed E-state index contributed by atoms with van der Waals surface area (Å²) in [6.07, 6.45) is 0.777. The van der Waals surface area contributed by atoms with Gasteiger partial charge in [-0.2, -0.15) is 0 Å². The summed E-state index contributed by atoms with van der Waals surface area (Å²) in [5, 5.41) is 0. The highest BCUT2D eigenvalue weighted by molar-refractivity contribution is 7.89. The fourth-order valence-electron chi connectivity index (χ4n) is 2.78. The molecule has 27 heavy (non-hydrogen) atoms. The Morgan fingerprint density at radius 3 is 2.44 bits per heavy atom. The molecule has 1 heterocycles. The minimum atomic E-state index is -3.52. The molecule has 0 radical (unpaired) electrons. The van der Waals surface area contributed by atoms with Crippen molar-refractivity contribution >= 4 is 27.3 Å². The van der Waals surface area contributed by atoms with Crippen molar-refractivity contribution in [3.8, 4) is 5.75 Å². The van der Waals surface area contributed by atoms with E-state index in [4.69, 9.17) is 4.74 Å². The molecule has 3 rings (SSSR count). The van der Waals surface area contributed by atoms with Gasteiger partial charge < -0.3 is 9.30 Å². The summed E-state index contributed by atoms with van der Waals surface area (Å²) >= 11 is 0. The Hall–Kier alpha value is -2.71. The minimum Gasteiger partial charge on any atom is -0.486 e. The number of carbonyl (C=O) groups excluding carboxylic acids is 1. The lowest BCUT2D eigenvalue weighted by molar-refractivity contribution is 0.112. The fourth-order valence-corrected chi connectivity index (χ4v) is 3.71. The van der Waals surface area contributed by atoms with E-state index in [2.05, 4.69) is 4.98 Å². The molecule has 0 saturated heterocycles. The second kappa shape index (κ2) is 7.50. The maximum Gasteiger partial charge on any atom is 0.242 e. The van der Waals surface area contributed by atoms with E-state index in [0.717, 1.165) is 11.8 Å². The van der Waals surface area contributed by atoms with Crippen molar-refractivity contribution in [2.75, 3.05) is 14.1 Å². The number of aryl methyl sites for hydroxylation is 1. The molecular weight excluding hydrogens is 366 g/mol. The molecule has 0 amide bonds. The lowest BCUT2D eigenvalue weighted by Crippen LogP contribution is -2.22. The average Bonchev–Trinajstić information content (AvgIpc) is 3.03. The second-order valence-electron chi connectivity index (χ2n) is 6.19. The van der Waals surface area contributed by atoms with E-state index in [1.165, 1.54) is 18.4 Å². The third kappa shape index (κ3) is 3.72. The summed E-state index contributed by atoms with van der Waals surface area (Å²) in [6.45, 7) is 2.91. The van der Waals surface area contributed by atoms with Gasteiger partial charge in [0.15, 0.2) is 0 Å². The maximum absolute atomic E-state index is 12.3. The number of hydrogen-bond acceptors (Lipinski definition) is 5. The Morgan fingerprint density at radius 2 is 1.85 bits per heavy atom. The van der Waals surface area contributed by atoms with Crippen molar-refractivity contribution in [1.82, 2.24) is 13.9 Å². The third-order valence-electron chi connectivity index (χ3n) is 4.28. The van der Waals surface area contributed by atoms with Gasteiger partial charge in [-0.3, -0.25) is 4.79 Å². The van der Waals surface area contributed by atoms with Crippen LogP contribution in [0.1, 0.15) is 23.1 Å². The third-order valence-corrected chi connectivity index (χ3v) is 6.09. The number of sulfonamides is 1. The predicted molar refractivity (Wildman–Crippen MR) is 102 cm³/mol. The number of imidazole rings is 1. The lowest BCUT2D eigenvalue weighted by Gasteiger charge is -2.11. The zero-order chi connectivity index (χ0) is 19.6. The van der Waals surface area contributed by atoms with Crippen LogP contribution in [0.15, 0.2) is 47.4 Å². The molecule has 0 saturated carbocycles. The maximum atomic E-state index is 12.3. The molecule has 0 N–H and O–H groups in total. The summed E-state index contributed by atoms with van der Waals surface area (Å²) in [4.78, 5) is 15.5. The standard InChI is InChI=1S/C19H21N3O4S/c1-4-22-18-10-9-16(27(24,25)21(2)3)11-17(18)20-19(22)13-26-15-7-5-14(12-23)6-8-15/h5-12H,4,13H2,1-3H3. The Kier molecular flexibility index (Phi) is 5.29. The van der Waals surface area contributed by atoms with Crippen LogP contribution in [-0.4, -0.2) is 42.7 Å². The van der Waals surface area contributed by atoms with Crippen molar-refractivity contribution in [2.24, 2.45) is 0 Å². The summed E-state index contributed by atoms with van der Waals surface area (Å²) in [5.74, 6) is 1.33. The Morgan fingerprint density at radius 1 is 1.15 bits per heavy atom. The van der Waals surface area contributed by atoms with Gasteiger partial charge in [0.1, 0.15) is 24.5 Å². The highest BCUT2D eigenvalue weighted by atomic mass is 32.2. The summed E-state index contributed by atoms with van der Waals surface area (Å²) < 4.78 is 33.6. The molecular formula is C19H21N3O4S. The number of carbonyl (C=O) groups is 1. The average molecular weight is 387 g/mol.